The maximum atomic E-state index is 5.68. The van der Waals surface area contributed by atoms with E-state index in [0.717, 1.165) is 21.6 Å². The van der Waals surface area contributed by atoms with Crippen molar-refractivity contribution < 1.29 is 4.74 Å². The van der Waals surface area contributed by atoms with E-state index in [-0.39, 0.29) is 6.10 Å². The van der Waals surface area contributed by atoms with Crippen LogP contribution in [0.15, 0.2) is 22.7 Å². The fourth-order valence-electron chi connectivity index (χ4n) is 1.74. The summed E-state index contributed by atoms with van der Waals surface area (Å²) in [6.45, 7) is 6.54. The average Bonchev–Trinajstić information content (AvgIpc) is 2.69. The highest BCUT2D eigenvalue weighted by atomic mass is 79.9. The lowest BCUT2D eigenvalue weighted by molar-refractivity contribution is 0.241. The van der Waals surface area contributed by atoms with Crippen molar-refractivity contribution in [3.8, 4) is 5.75 Å². The van der Waals surface area contributed by atoms with E-state index in [1.165, 1.54) is 0 Å². The van der Waals surface area contributed by atoms with Gasteiger partial charge in [-0.05, 0) is 66.6 Å². The number of aryl methyl sites for hydroxylation is 1. The molecular weight excluding hydrogens is 340 g/mol. The van der Waals surface area contributed by atoms with Gasteiger partial charge in [0.05, 0.1) is 17.1 Å². The predicted octanol–water partition coefficient (Wildman–Crippen LogP) is 3.54. The quantitative estimate of drug-likeness (QED) is 0.804. The van der Waals surface area contributed by atoms with Crippen molar-refractivity contribution >= 4 is 28.1 Å². The number of rotatable bonds is 5. The lowest BCUT2D eigenvalue weighted by Gasteiger charge is -2.13. The molecule has 1 heterocycles. The third-order valence-corrected chi connectivity index (χ3v) is 3.53. The fourth-order valence-corrected chi connectivity index (χ4v) is 2.50. The van der Waals surface area contributed by atoms with Crippen LogP contribution in [0.4, 0.5) is 0 Å². The Balaban J connectivity index is 2.07. The Morgan fingerprint density at radius 3 is 2.80 bits per heavy atom. The fraction of sp³-hybridized carbons (Fsp3) is 0.385. The first-order valence-corrected chi connectivity index (χ1v) is 7.50. The lowest BCUT2D eigenvalue weighted by atomic mass is 10.2. The summed E-state index contributed by atoms with van der Waals surface area (Å²) in [5.74, 6) is 1.65. The summed E-state index contributed by atoms with van der Waals surface area (Å²) in [7, 11) is 0. The van der Waals surface area contributed by atoms with Crippen LogP contribution in [0.2, 0.25) is 0 Å². The van der Waals surface area contributed by atoms with Crippen LogP contribution in [0.5, 0.6) is 5.75 Å². The zero-order valence-corrected chi connectivity index (χ0v) is 14.0. The zero-order chi connectivity index (χ0) is 14.7. The average molecular weight is 357 g/mol. The normalized spacial score (nSPS) is 10.8. The van der Waals surface area contributed by atoms with Crippen LogP contribution in [0.1, 0.15) is 25.2 Å². The molecule has 5 nitrogen and oxygen atoms in total. The second-order valence-corrected chi connectivity index (χ2v) is 5.92. The number of H-pyrrole nitrogens is 1. The van der Waals surface area contributed by atoms with Gasteiger partial charge in [0.15, 0.2) is 0 Å². The molecule has 0 aliphatic rings. The molecule has 0 fully saturated rings. The number of ether oxygens (including phenoxy) is 1. The molecule has 0 unspecified atom stereocenters. The molecule has 0 aliphatic carbocycles. The highest BCUT2D eigenvalue weighted by Crippen LogP contribution is 2.27. The summed E-state index contributed by atoms with van der Waals surface area (Å²) in [4.78, 5) is 0. The Morgan fingerprint density at radius 2 is 2.25 bits per heavy atom. The monoisotopic (exact) mass is 356 g/mol. The molecule has 1 aromatic carbocycles. The van der Waals surface area contributed by atoms with Crippen molar-refractivity contribution in [2.75, 3.05) is 5.43 Å². The number of aromatic nitrogens is 3. The van der Waals surface area contributed by atoms with Crippen molar-refractivity contribution in [2.24, 2.45) is 0 Å². The van der Waals surface area contributed by atoms with Gasteiger partial charge in [0.25, 0.3) is 0 Å². The molecule has 0 amide bonds. The van der Waals surface area contributed by atoms with Gasteiger partial charge in [-0.1, -0.05) is 6.07 Å². The number of hydrogen-bond acceptors (Lipinski definition) is 4. The molecule has 7 heteroatoms. The number of aromatic amines is 1. The Kier molecular flexibility index (Phi) is 4.82. The minimum atomic E-state index is 0.155. The maximum absolute atomic E-state index is 5.68. The van der Waals surface area contributed by atoms with Gasteiger partial charge in [-0.2, -0.15) is 5.10 Å². The summed E-state index contributed by atoms with van der Waals surface area (Å²) in [5.41, 5.74) is 4.34. The van der Waals surface area contributed by atoms with Crippen LogP contribution in [-0.2, 0) is 6.54 Å². The van der Waals surface area contributed by atoms with Gasteiger partial charge >= 0.3 is 0 Å². The van der Waals surface area contributed by atoms with Gasteiger partial charge in [-0.25, -0.2) is 4.68 Å². The smallest absolute Gasteiger partial charge is 0.214 e. The Hall–Kier alpha value is -1.34. The SMILES string of the molecule is Cc1n[nH]c(=S)n1NCc1ccc(OC(C)C)c(Br)c1. The summed E-state index contributed by atoms with van der Waals surface area (Å²) in [6, 6.07) is 6.01. The maximum Gasteiger partial charge on any atom is 0.214 e. The molecule has 20 heavy (non-hydrogen) atoms. The Bertz CT molecular complexity index is 650. The summed E-state index contributed by atoms with van der Waals surface area (Å²) >= 11 is 8.66. The highest BCUT2D eigenvalue weighted by Gasteiger charge is 2.05. The lowest BCUT2D eigenvalue weighted by Crippen LogP contribution is -2.16. The van der Waals surface area contributed by atoms with Crippen LogP contribution in [-0.4, -0.2) is 21.0 Å². The number of benzene rings is 1. The summed E-state index contributed by atoms with van der Waals surface area (Å²) in [5, 5.41) is 6.79. The first-order valence-electron chi connectivity index (χ1n) is 6.30. The van der Waals surface area contributed by atoms with Crippen LogP contribution >= 0.6 is 28.1 Å². The molecule has 2 N–H and O–H groups in total. The molecule has 0 saturated carbocycles. The first-order chi connectivity index (χ1) is 9.47. The summed E-state index contributed by atoms with van der Waals surface area (Å²) in [6.07, 6.45) is 0.155. The number of hydrogen-bond donors (Lipinski definition) is 2. The molecule has 2 aromatic rings. The van der Waals surface area contributed by atoms with E-state index in [4.69, 9.17) is 17.0 Å². The Labute approximate surface area is 131 Å². The molecule has 108 valence electrons. The van der Waals surface area contributed by atoms with Gasteiger partial charge in [0, 0.05) is 0 Å². The molecule has 0 atom stereocenters. The third-order valence-electron chi connectivity index (χ3n) is 2.64. The minimum Gasteiger partial charge on any atom is -0.490 e. The zero-order valence-electron chi connectivity index (χ0n) is 11.6. The van der Waals surface area contributed by atoms with E-state index in [1.807, 2.05) is 39.0 Å². The van der Waals surface area contributed by atoms with Crippen molar-refractivity contribution in [1.82, 2.24) is 14.9 Å². The minimum absolute atomic E-state index is 0.155. The van der Waals surface area contributed by atoms with E-state index < -0.39 is 0 Å². The molecule has 0 saturated heterocycles. The molecule has 0 aliphatic heterocycles. The van der Waals surface area contributed by atoms with E-state index in [9.17, 15) is 0 Å². The molecule has 0 spiro atoms. The molecule has 0 bridgehead atoms. The van der Waals surface area contributed by atoms with Gasteiger partial charge in [-0.3, -0.25) is 5.10 Å². The van der Waals surface area contributed by atoms with Gasteiger partial charge < -0.3 is 10.2 Å². The van der Waals surface area contributed by atoms with E-state index in [2.05, 4.69) is 31.6 Å². The van der Waals surface area contributed by atoms with Gasteiger partial charge in [0.1, 0.15) is 11.6 Å². The predicted molar refractivity (Wildman–Crippen MR) is 85.1 cm³/mol. The van der Waals surface area contributed by atoms with Crippen molar-refractivity contribution in [2.45, 2.75) is 33.4 Å². The van der Waals surface area contributed by atoms with E-state index in [0.29, 0.717) is 11.3 Å². The standard InChI is InChI=1S/C13H17BrN4OS/c1-8(2)19-12-5-4-10(6-11(12)14)7-15-18-9(3)16-17-13(18)20/h4-6,8,15H,7H2,1-3H3,(H,17,20). The second-order valence-electron chi connectivity index (χ2n) is 4.68. The number of nitrogens with one attached hydrogen (secondary N) is 2. The van der Waals surface area contributed by atoms with Crippen LogP contribution in [0.3, 0.4) is 0 Å². The molecule has 1 aromatic heterocycles. The van der Waals surface area contributed by atoms with Gasteiger partial charge in [0.2, 0.25) is 4.77 Å². The molecule has 2 rings (SSSR count). The second kappa shape index (κ2) is 6.41. The van der Waals surface area contributed by atoms with Crippen LogP contribution in [0, 0.1) is 11.7 Å². The van der Waals surface area contributed by atoms with Gasteiger partial charge in [-0.15, -0.1) is 0 Å². The van der Waals surface area contributed by atoms with Crippen molar-refractivity contribution in [1.29, 1.82) is 0 Å². The third kappa shape index (κ3) is 3.61. The number of halogens is 1. The topological polar surface area (TPSA) is 54.9 Å². The molecule has 0 radical (unpaired) electrons. The van der Waals surface area contributed by atoms with E-state index >= 15 is 0 Å². The number of nitrogens with zero attached hydrogens (tertiary/aromatic N) is 2. The first kappa shape index (κ1) is 15.1. The van der Waals surface area contributed by atoms with Crippen molar-refractivity contribution in [3.05, 3.63) is 38.8 Å². The molecular formula is C13H17BrN4OS. The largest absolute Gasteiger partial charge is 0.490 e. The van der Waals surface area contributed by atoms with Crippen LogP contribution in [0.25, 0.3) is 0 Å². The highest BCUT2D eigenvalue weighted by molar-refractivity contribution is 9.10. The summed E-state index contributed by atoms with van der Waals surface area (Å²) < 4.78 is 8.94. The van der Waals surface area contributed by atoms with E-state index in [1.54, 1.807) is 4.68 Å². The van der Waals surface area contributed by atoms with Crippen molar-refractivity contribution in [3.63, 3.8) is 0 Å². The Morgan fingerprint density at radius 1 is 1.50 bits per heavy atom. The van der Waals surface area contributed by atoms with Crippen LogP contribution < -0.4 is 10.2 Å².